The number of aromatic nitrogens is 7. The first-order valence-corrected chi connectivity index (χ1v) is 8.56. The van der Waals surface area contributed by atoms with Crippen LogP contribution in [0.25, 0.3) is 5.65 Å². The van der Waals surface area contributed by atoms with Crippen LogP contribution in [0.2, 0.25) is 0 Å². The Balaban J connectivity index is 1.48. The lowest BCUT2D eigenvalue weighted by Gasteiger charge is -2.30. The van der Waals surface area contributed by atoms with E-state index in [0.717, 1.165) is 55.6 Å². The Labute approximate surface area is 146 Å². The van der Waals surface area contributed by atoms with E-state index in [1.165, 1.54) is 0 Å². The van der Waals surface area contributed by atoms with Gasteiger partial charge in [0.1, 0.15) is 18.0 Å². The summed E-state index contributed by atoms with van der Waals surface area (Å²) in [6, 6.07) is 3.94. The van der Waals surface area contributed by atoms with Crippen LogP contribution in [0.3, 0.4) is 0 Å². The number of nitrogens with zero attached hydrogens (tertiary/aromatic N) is 9. The zero-order chi connectivity index (χ0) is 17.4. The summed E-state index contributed by atoms with van der Waals surface area (Å²) in [5.74, 6) is 3.27. The second-order valence-corrected chi connectivity index (χ2v) is 6.82. The minimum Gasteiger partial charge on any atom is -0.361 e. The predicted molar refractivity (Wildman–Crippen MR) is 93.4 cm³/mol. The molecule has 0 N–H and O–H groups in total. The van der Waals surface area contributed by atoms with Crippen LogP contribution in [-0.2, 0) is 13.6 Å². The van der Waals surface area contributed by atoms with Crippen LogP contribution in [0, 0.1) is 0 Å². The third-order valence-corrected chi connectivity index (χ3v) is 4.85. The lowest BCUT2D eigenvalue weighted by atomic mass is 9.96. The van der Waals surface area contributed by atoms with Crippen molar-refractivity contribution in [3.05, 3.63) is 30.1 Å². The number of aryl methyl sites for hydroxylation is 1. The summed E-state index contributed by atoms with van der Waals surface area (Å²) in [6.45, 7) is 2.87. The Morgan fingerprint density at radius 2 is 1.92 bits per heavy atom. The molecule has 0 bridgehead atoms. The van der Waals surface area contributed by atoms with Gasteiger partial charge in [0.05, 0.1) is 6.54 Å². The monoisotopic (exact) mass is 341 g/mol. The van der Waals surface area contributed by atoms with Crippen molar-refractivity contribution in [2.45, 2.75) is 25.3 Å². The van der Waals surface area contributed by atoms with Crippen molar-refractivity contribution in [1.29, 1.82) is 0 Å². The number of hydrogen-bond donors (Lipinski definition) is 0. The zero-order valence-corrected chi connectivity index (χ0v) is 14.9. The molecule has 0 aromatic carbocycles. The maximum absolute atomic E-state index is 4.68. The molecule has 9 heteroatoms. The summed E-state index contributed by atoms with van der Waals surface area (Å²) in [4.78, 5) is 4.41. The quantitative estimate of drug-likeness (QED) is 0.691. The molecule has 3 aromatic heterocycles. The third kappa shape index (κ3) is 3.07. The topological polar surface area (TPSA) is 80.3 Å². The largest absolute Gasteiger partial charge is 0.361 e. The summed E-state index contributed by atoms with van der Waals surface area (Å²) in [5, 5.41) is 21.5. The average Bonchev–Trinajstić information content (AvgIpc) is 3.21. The Hall–Kier alpha value is -2.55. The molecule has 0 aliphatic carbocycles. The molecule has 1 aliphatic rings. The molecule has 9 nitrogen and oxygen atoms in total. The summed E-state index contributed by atoms with van der Waals surface area (Å²) < 4.78 is 3.88. The Morgan fingerprint density at radius 1 is 1.12 bits per heavy atom. The van der Waals surface area contributed by atoms with Crippen molar-refractivity contribution in [2.75, 3.05) is 32.1 Å². The lowest BCUT2D eigenvalue weighted by molar-refractivity contribution is 0.195. The number of fused-ring (bicyclic) bond motifs is 1. The highest BCUT2D eigenvalue weighted by atomic mass is 15.4. The number of hydrogen-bond acceptors (Lipinski definition) is 7. The van der Waals surface area contributed by atoms with Gasteiger partial charge < -0.3 is 9.47 Å². The van der Waals surface area contributed by atoms with Crippen molar-refractivity contribution in [3.63, 3.8) is 0 Å². The molecule has 0 saturated carbocycles. The van der Waals surface area contributed by atoms with Gasteiger partial charge in [-0.3, -0.25) is 4.90 Å². The summed E-state index contributed by atoms with van der Waals surface area (Å²) in [5.41, 5.74) is 0.808. The molecule has 25 heavy (non-hydrogen) atoms. The number of piperidine rings is 1. The fraction of sp³-hybridized carbons (Fsp3) is 0.562. The lowest BCUT2D eigenvalue weighted by Crippen LogP contribution is -2.34. The molecular weight excluding hydrogens is 318 g/mol. The molecule has 0 unspecified atom stereocenters. The standard InChI is InChI=1S/C16H23N9/c1-22(2)14-5-4-13-19-20-16(25(13)21-14)12-6-8-24(9-7-12)10-15-18-17-11-23(15)3/h4-5,11-12H,6-10H2,1-3H3. The molecule has 0 spiro atoms. The first-order valence-electron chi connectivity index (χ1n) is 8.56. The van der Waals surface area contributed by atoms with Gasteiger partial charge in [-0.25, -0.2) is 0 Å². The highest BCUT2D eigenvalue weighted by Gasteiger charge is 2.26. The van der Waals surface area contributed by atoms with Crippen molar-refractivity contribution in [2.24, 2.45) is 7.05 Å². The van der Waals surface area contributed by atoms with E-state index in [1.807, 2.05) is 47.3 Å². The maximum atomic E-state index is 4.68. The Bertz CT molecular complexity index is 857. The predicted octanol–water partition coefficient (Wildman–Crippen LogP) is 0.698. The first-order chi connectivity index (χ1) is 12.1. The van der Waals surface area contributed by atoms with Gasteiger partial charge in [0, 0.05) is 27.1 Å². The van der Waals surface area contributed by atoms with Gasteiger partial charge in [0.15, 0.2) is 11.5 Å². The molecule has 0 atom stereocenters. The van der Waals surface area contributed by atoms with Gasteiger partial charge >= 0.3 is 0 Å². The number of anilines is 1. The van der Waals surface area contributed by atoms with E-state index in [2.05, 4.69) is 30.4 Å². The van der Waals surface area contributed by atoms with Gasteiger partial charge in [-0.2, -0.15) is 4.52 Å². The van der Waals surface area contributed by atoms with Crippen molar-refractivity contribution >= 4 is 11.5 Å². The molecule has 0 amide bonds. The van der Waals surface area contributed by atoms with E-state index in [1.54, 1.807) is 6.33 Å². The van der Waals surface area contributed by atoms with E-state index >= 15 is 0 Å². The van der Waals surface area contributed by atoms with Gasteiger partial charge in [0.2, 0.25) is 0 Å². The van der Waals surface area contributed by atoms with Gasteiger partial charge in [-0.15, -0.1) is 25.5 Å². The first kappa shape index (κ1) is 15.9. The SMILES string of the molecule is CN(C)c1ccc2nnc(C3CCN(Cc4nncn4C)CC3)n2n1. The summed E-state index contributed by atoms with van der Waals surface area (Å²) >= 11 is 0. The number of rotatable bonds is 4. The second kappa shape index (κ2) is 6.40. The fourth-order valence-electron chi connectivity index (χ4n) is 3.29. The molecule has 1 saturated heterocycles. The van der Waals surface area contributed by atoms with E-state index in [9.17, 15) is 0 Å². The maximum Gasteiger partial charge on any atom is 0.178 e. The molecule has 3 aromatic rings. The third-order valence-electron chi connectivity index (χ3n) is 4.85. The minimum absolute atomic E-state index is 0.385. The molecule has 0 radical (unpaired) electrons. The smallest absolute Gasteiger partial charge is 0.178 e. The second-order valence-electron chi connectivity index (χ2n) is 6.82. The summed E-state index contributed by atoms with van der Waals surface area (Å²) in [7, 11) is 5.96. The van der Waals surface area contributed by atoms with Crippen LogP contribution in [0.4, 0.5) is 5.82 Å². The molecule has 1 fully saturated rings. The highest BCUT2D eigenvalue weighted by Crippen LogP contribution is 2.27. The molecule has 4 heterocycles. The van der Waals surface area contributed by atoms with E-state index in [-0.39, 0.29) is 0 Å². The van der Waals surface area contributed by atoms with Crippen LogP contribution < -0.4 is 4.90 Å². The fourth-order valence-corrected chi connectivity index (χ4v) is 3.29. The molecular formula is C16H23N9. The van der Waals surface area contributed by atoms with Gasteiger partial charge in [-0.1, -0.05) is 0 Å². The normalized spacial score (nSPS) is 16.6. The molecule has 132 valence electrons. The van der Waals surface area contributed by atoms with Crippen LogP contribution in [-0.4, -0.2) is 66.7 Å². The number of likely N-dealkylation sites (tertiary alicyclic amines) is 1. The Kier molecular flexibility index (Phi) is 4.08. The Morgan fingerprint density at radius 3 is 2.60 bits per heavy atom. The zero-order valence-electron chi connectivity index (χ0n) is 14.9. The van der Waals surface area contributed by atoms with E-state index in [4.69, 9.17) is 0 Å². The van der Waals surface area contributed by atoms with Crippen LogP contribution in [0.15, 0.2) is 18.5 Å². The average molecular weight is 341 g/mol. The van der Waals surface area contributed by atoms with Gasteiger partial charge in [0.25, 0.3) is 0 Å². The van der Waals surface area contributed by atoms with Crippen LogP contribution >= 0.6 is 0 Å². The van der Waals surface area contributed by atoms with Gasteiger partial charge in [-0.05, 0) is 38.1 Å². The van der Waals surface area contributed by atoms with Crippen molar-refractivity contribution in [1.82, 2.24) is 39.5 Å². The molecule has 1 aliphatic heterocycles. The highest BCUT2D eigenvalue weighted by molar-refractivity contribution is 5.45. The van der Waals surface area contributed by atoms with E-state index < -0.39 is 0 Å². The van der Waals surface area contributed by atoms with Crippen LogP contribution in [0.1, 0.15) is 30.4 Å². The van der Waals surface area contributed by atoms with E-state index in [0.29, 0.717) is 5.92 Å². The molecule has 4 rings (SSSR count). The van der Waals surface area contributed by atoms with Crippen LogP contribution in [0.5, 0.6) is 0 Å². The van der Waals surface area contributed by atoms with Crippen molar-refractivity contribution < 1.29 is 0 Å². The minimum atomic E-state index is 0.385. The summed E-state index contributed by atoms with van der Waals surface area (Å²) in [6.07, 6.45) is 3.84. The van der Waals surface area contributed by atoms with Crippen molar-refractivity contribution in [3.8, 4) is 0 Å².